The molecule has 0 bridgehead atoms. The molecule has 1 aliphatic carbocycles. The van der Waals surface area contributed by atoms with Crippen molar-refractivity contribution in [2.75, 3.05) is 6.26 Å². The Morgan fingerprint density at radius 2 is 1.91 bits per heavy atom. The minimum Gasteiger partial charge on any atom is -0.273 e. The van der Waals surface area contributed by atoms with Crippen LogP contribution in [0.4, 0.5) is 0 Å². The standard InChI is InChI=1S/C22H28N6O2S2/c1-13-16(14(2)28-21(23-13)24-22(27-28)31-3)10-11-19(29)25-26-20(30)18-12-15-8-6-4-5-7-9-17(15)32-18/h12H,4-11H2,1-3H3,(H,25,29)(H,26,30). The number of aryl methyl sites for hydroxylation is 4. The van der Waals surface area contributed by atoms with Crippen molar-refractivity contribution in [3.05, 3.63) is 38.3 Å². The predicted octanol–water partition coefficient (Wildman–Crippen LogP) is 3.58. The van der Waals surface area contributed by atoms with Gasteiger partial charge in [-0.25, -0.2) is 9.50 Å². The van der Waals surface area contributed by atoms with E-state index in [-0.39, 0.29) is 18.2 Å². The second kappa shape index (κ2) is 9.99. The highest BCUT2D eigenvalue weighted by Gasteiger charge is 2.17. The first-order chi connectivity index (χ1) is 15.5. The summed E-state index contributed by atoms with van der Waals surface area (Å²) >= 11 is 3.01. The van der Waals surface area contributed by atoms with Crippen LogP contribution in [0.25, 0.3) is 5.78 Å². The highest BCUT2D eigenvalue weighted by atomic mass is 32.2. The predicted molar refractivity (Wildman–Crippen MR) is 126 cm³/mol. The summed E-state index contributed by atoms with van der Waals surface area (Å²) in [7, 11) is 0. The number of carbonyl (C=O) groups excluding carboxylic acids is 2. The number of rotatable bonds is 5. The molecule has 3 aromatic rings. The Labute approximate surface area is 195 Å². The Morgan fingerprint density at radius 1 is 1.12 bits per heavy atom. The fraction of sp³-hybridized carbons (Fsp3) is 0.500. The van der Waals surface area contributed by atoms with E-state index in [1.807, 2.05) is 26.2 Å². The van der Waals surface area contributed by atoms with Gasteiger partial charge in [-0.3, -0.25) is 20.4 Å². The van der Waals surface area contributed by atoms with Gasteiger partial charge < -0.3 is 0 Å². The Morgan fingerprint density at radius 3 is 2.69 bits per heavy atom. The van der Waals surface area contributed by atoms with Crippen LogP contribution in [0, 0.1) is 13.8 Å². The lowest BCUT2D eigenvalue weighted by molar-refractivity contribution is -0.121. The number of fused-ring (bicyclic) bond motifs is 2. The van der Waals surface area contributed by atoms with Crippen LogP contribution in [0.2, 0.25) is 0 Å². The average molecular weight is 473 g/mol. The van der Waals surface area contributed by atoms with Crippen LogP contribution in [0.1, 0.15) is 69.2 Å². The van der Waals surface area contributed by atoms with Gasteiger partial charge in [-0.2, -0.15) is 4.98 Å². The van der Waals surface area contributed by atoms with Crippen molar-refractivity contribution < 1.29 is 9.59 Å². The van der Waals surface area contributed by atoms with Crippen LogP contribution >= 0.6 is 23.1 Å². The molecular weight excluding hydrogens is 444 g/mol. The number of aromatic nitrogens is 4. The van der Waals surface area contributed by atoms with E-state index >= 15 is 0 Å². The largest absolute Gasteiger partial charge is 0.279 e. The highest BCUT2D eigenvalue weighted by Crippen LogP contribution is 2.28. The number of thiophene rings is 1. The molecule has 4 rings (SSSR count). The lowest BCUT2D eigenvalue weighted by atomic mass is 10.00. The van der Waals surface area contributed by atoms with Gasteiger partial charge in [0.1, 0.15) is 0 Å². The van der Waals surface area contributed by atoms with Gasteiger partial charge in [0.25, 0.3) is 11.7 Å². The molecule has 0 aliphatic heterocycles. The quantitative estimate of drug-likeness (QED) is 0.435. The van der Waals surface area contributed by atoms with E-state index in [0.717, 1.165) is 29.8 Å². The van der Waals surface area contributed by atoms with Crippen molar-refractivity contribution in [3.8, 4) is 0 Å². The maximum absolute atomic E-state index is 12.6. The number of hydrogen-bond acceptors (Lipinski definition) is 7. The van der Waals surface area contributed by atoms with E-state index in [1.165, 1.54) is 47.9 Å². The van der Waals surface area contributed by atoms with Crippen LogP contribution in [0.5, 0.6) is 0 Å². The van der Waals surface area contributed by atoms with Crippen molar-refractivity contribution in [1.29, 1.82) is 0 Å². The van der Waals surface area contributed by atoms with Crippen molar-refractivity contribution in [1.82, 2.24) is 30.4 Å². The molecule has 0 spiro atoms. The van der Waals surface area contributed by atoms with Crippen molar-refractivity contribution in [2.24, 2.45) is 0 Å². The smallest absolute Gasteiger partial charge is 0.273 e. The van der Waals surface area contributed by atoms with Gasteiger partial charge in [-0.1, -0.05) is 24.6 Å². The topological polar surface area (TPSA) is 101 Å². The summed E-state index contributed by atoms with van der Waals surface area (Å²) in [5.41, 5.74) is 9.14. The molecule has 0 fully saturated rings. The zero-order chi connectivity index (χ0) is 22.7. The van der Waals surface area contributed by atoms with Gasteiger partial charge in [-0.05, 0) is 69.4 Å². The first-order valence-electron chi connectivity index (χ1n) is 10.9. The summed E-state index contributed by atoms with van der Waals surface area (Å²) in [6.07, 6.45) is 9.60. The molecule has 10 heteroatoms. The minimum atomic E-state index is -0.252. The Bertz CT molecular complexity index is 1130. The lowest BCUT2D eigenvalue weighted by Crippen LogP contribution is -2.41. The first-order valence-corrected chi connectivity index (χ1v) is 13.0. The molecular formula is C22H28N6O2S2. The maximum atomic E-state index is 12.6. The van der Waals surface area contributed by atoms with Gasteiger partial charge in [0.2, 0.25) is 11.1 Å². The van der Waals surface area contributed by atoms with Crippen molar-refractivity contribution >= 4 is 40.7 Å². The Balaban J connectivity index is 1.34. The number of nitrogens with zero attached hydrogens (tertiary/aromatic N) is 4. The molecule has 0 radical (unpaired) electrons. The number of thioether (sulfide) groups is 1. The maximum Gasteiger partial charge on any atom is 0.279 e. The molecule has 1 aliphatic rings. The minimum absolute atomic E-state index is 0.236. The van der Waals surface area contributed by atoms with E-state index in [2.05, 4.69) is 25.9 Å². The number of hydrazine groups is 1. The van der Waals surface area contributed by atoms with Crippen LogP contribution < -0.4 is 10.9 Å². The number of amides is 2. The zero-order valence-electron chi connectivity index (χ0n) is 18.7. The molecule has 8 nitrogen and oxygen atoms in total. The number of nitrogens with one attached hydrogen (secondary N) is 2. The fourth-order valence-corrected chi connectivity index (χ4v) is 5.57. The normalized spacial score (nSPS) is 14.0. The molecule has 0 saturated heterocycles. The van der Waals surface area contributed by atoms with Gasteiger partial charge >= 0.3 is 0 Å². The van der Waals surface area contributed by atoms with Crippen LogP contribution in [-0.2, 0) is 24.1 Å². The van der Waals surface area contributed by atoms with Crippen molar-refractivity contribution in [2.45, 2.75) is 70.4 Å². The van der Waals surface area contributed by atoms with Gasteiger partial charge in [0, 0.05) is 22.7 Å². The summed E-state index contributed by atoms with van der Waals surface area (Å²) in [6, 6.07) is 1.99. The van der Waals surface area contributed by atoms with E-state index in [0.29, 0.717) is 22.2 Å². The first kappa shape index (κ1) is 22.7. The van der Waals surface area contributed by atoms with E-state index in [1.54, 1.807) is 15.9 Å². The summed E-state index contributed by atoms with van der Waals surface area (Å²) in [5.74, 6) is 0.0724. The van der Waals surface area contributed by atoms with E-state index in [9.17, 15) is 9.59 Å². The monoisotopic (exact) mass is 472 g/mol. The second-order valence-electron chi connectivity index (χ2n) is 8.05. The SMILES string of the molecule is CSc1nc2nc(C)c(CCC(=O)NNC(=O)c3cc4c(s3)CCCCCC4)c(C)n2n1. The third-order valence-electron chi connectivity index (χ3n) is 5.85. The summed E-state index contributed by atoms with van der Waals surface area (Å²) in [4.78, 5) is 35.8. The molecule has 0 atom stereocenters. The third kappa shape index (κ3) is 4.96. The summed E-state index contributed by atoms with van der Waals surface area (Å²) in [6.45, 7) is 3.87. The van der Waals surface area contributed by atoms with E-state index < -0.39 is 0 Å². The number of carbonyl (C=O) groups is 2. The lowest BCUT2D eigenvalue weighted by Gasteiger charge is -2.10. The molecule has 2 amide bonds. The number of hydrogen-bond donors (Lipinski definition) is 2. The van der Waals surface area contributed by atoms with Crippen molar-refractivity contribution in [3.63, 3.8) is 0 Å². The van der Waals surface area contributed by atoms with E-state index in [4.69, 9.17) is 0 Å². The molecule has 2 N–H and O–H groups in total. The van der Waals surface area contributed by atoms with Gasteiger partial charge in [-0.15, -0.1) is 16.4 Å². The van der Waals surface area contributed by atoms with Crippen LogP contribution in [0.15, 0.2) is 11.2 Å². The molecule has 32 heavy (non-hydrogen) atoms. The van der Waals surface area contributed by atoms with Gasteiger partial charge in [0.15, 0.2) is 0 Å². The Kier molecular flexibility index (Phi) is 7.10. The molecule has 3 aromatic heterocycles. The second-order valence-corrected chi connectivity index (χ2v) is 9.96. The average Bonchev–Trinajstić information content (AvgIpc) is 3.35. The zero-order valence-corrected chi connectivity index (χ0v) is 20.3. The summed E-state index contributed by atoms with van der Waals surface area (Å²) < 4.78 is 1.72. The molecule has 170 valence electrons. The van der Waals surface area contributed by atoms with Crippen LogP contribution in [-0.4, -0.2) is 37.7 Å². The summed E-state index contributed by atoms with van der Waals surface area (Å²) in [5, 5.41) is 5.11. The Hall–Kier alpha value is -2.46. The molecule has 0 saturated carbocycles. The highest BCUT2D eigenvalue weighted by molar-refractivity contribution is 7.98. The van der Waals surface area contributed by atoms with Gasteiger partial charge in [0.05, 0.1) is 4.88 Å². The molecule has 0 unspecified atom stereocenters. The fourth-order valence-electron chi connectivity index (χ4n) is 4.08. The molecule has 0 aromatic carbocycles. The third-order valence-corrected chi connectivity index (χ3v) is 7.62. The molecule has 3 heterocycles. The van der Waals surface area contributed by atoms with Crippen LogP contribution in [0.3, 0.4) is 0 Å².